The van der Waals surface area contributed by atoms with Gasteiger partial charge in [0.25, 0.3) is 0 Å². The number of hydrogen-bond acceptors (Lipinski definition) is 0. The molecular formula is C18H15F3NP. The maximum atomic E-state index is 12.8. The van der Waals surface area contributed by atoms with Gasteiger partial charge in [0, 0.05) is 18.1 Å². The van der Waals surface area contributed by atoms with Crippen molar-refractivity contribution in [2.24, 2.45) is 0 Å². The predicted octanol–water partition coefficient (Wildman–Crippen LogP) is 4.67. The highest BCUT2D eigenvalue weighted by Crippen LogP contribution is 2.39. The van der Waals surface area contributed by atoms with E-state index in [0.717, 1.165) is 16.8 Å². The van der Waals surface area contributed by atoms with Crippen LogP contribution in [-0.2, 0) is 12.3 Å². The monoisotopic (exact) mass is 333 g/mol. The molecule has 0 saturated carbocycles. The molecule has 0 fully saturated rings. The molecule has 0 amide bonds. The lowest BCUT2D eigenvalue weighted by Gasteiger charge is -2.18. The summed E-state index contributed by atoms with van der Waals surface area (Å²) in [5.74, 6) is 0. The van der Waals surface area contributed by atoms with E-state index in [-0.39, 0.29) is 0 Å². The molecule has 1 nitrogen and oxygen atoms in total. The third-order valence-corrected chi connectivity index (χ3v) is 6.03. The molecule has 0 bridgehead atoms. The van der Waals surface area contributed by atoms with Crippen LogP contribution in [0.15, 0.2) is 72.9 Å². The van der Waals surface area contributed by atoms with E-state index in [9.17, 15) is 13.2 Å². The molecule has 5 heteroatoms. The zero-order valence-corrected chi connectivity index (χ0v) is 13.1. The van der Waals surface area contributed by atoms with Crippen molar-refractivity contribution in [2.75, 3.05) is 0 Å². The fourth-order valence-electron chi connectivity index (χ4n) is 2.41. The lowest BCUT2D eigenvalue weighted by atomic mass is 10.3. The second-order valence-corrected chi connectivity index (χ2v) is 7.37. The number of H-pyrrole nitrogens is 1. The maximum Gasteiger partial charge on any atom is 0.417 e. The number of aromatic amines is 1. The molecule has 23 heavy (non-hydrogen) atoms. The van der Waals surface area contributed by atoms with Crippen LogP contribution in [-0.4, -0.2) is 4.98 Å². The van der Waals surface area contributed by atoms with Crippen molar-refractivity contribution in [3.63, 3.8) is 0 Å². The summed E-state index contributed by atoms with van der Waals surface area (Å²) in [4.78, 5) is 2.78. The van der Waals surface area contributed by atoms with Crippen LogP contribution in [0.1, 0.15) is 11.3 Å². The van der Waals surface area contributed by atoms with Crippen molar-refractivity contribution < 1.29 is 13.2 Å². The maximum absolute atomic E-state index is 12.8. The molecule has 0 spiro atoms. The minimum atomic E-state index is -4.31. The van der Waals surface area contributed by atoms with Crippen molar-refractivity contribution in [3.05, 3.63) is 84.2 Å². The van der Waals surface area contributed by atoms with Crippen LogP contribution in [0.4, 0.5) is 13.2 Å². The van der Waals surface area contributed by atoms with Crippen LogP contribution in [0.25, 0.3) is 0 Å². The van der Waals surface area contributed by atoms with Crippen molar-refractivity contribution in [3.8, 4) is 0 Å². The topological polar surface area (TPSA) is 15.8 Å². The fraction of sp³-hybridized carbons (Fsp3) is 0.111. The van der Waals surface area contributed by atoms with Gasteiger partial charge in [0.2, 0.25) is 0 Å². The predicted molar refractivity (Wildman–Crippen MR) is 88.6 cm³/mol. The highest BCUT2D eigenvalue weighted by Gasteiger charge is 2.31. The van der Waals surface area contributed by atoms with Gasteiger partial charge >= 0.3 is 6.18 Å². The molecule has 2 aromatic carbocycles. The van der Waals surface area contributed by atoms with Gasteiger partial charge in [-0.2, -0.15) is 13.2 Å². The Labute approximate surface area is 133 Å². The molecule has 1 N–H and O–H groups in total. The summed E-state index contributed by atoms with van der Waals surface area (Å²) in [6, 6.07) is 21.1. The van der Waals surface area contributed by atoms with Gasteiger partial charge in [-0.1, -0.05) is 60.7 Å². The summed E-state index contributed by atoms with van der Waals surface area (Å²) < 4.78 is 38.3. The highest BCUT2D eigenvalue weighted by atomic mass is 31.1. The van der Waals surface area contributed by atoms with Crippen LogP contribution in [0, 0.1) is 0 Å². The Morgan fingerprint density at radius 3 is 1.78 bits per heavy atom. The van der Waals surface area contributed by atoms with Gasteiger partial charge in [0.1, 0.15) is 0 Å². The zero-order valence-electron chi connectivity index (χ0n) is 12.2. The van der Waals surface area contributed by atoms with E-state index in [1.807, 2.05) is 60.7 Å². The van der Waals surface area contributed by atoms with E-state index in [1.54, 1.807) is 0 Å². The molecule has 0 aliphatic rings. The average Bonchev–Trinajstić information content (AvgIpc) is 3.03. The van der Waals surface area contributed by atoms with E-state index >= 15 is 0 Å². The van der Waals surface area contributed by atoms with Gasteiger partial charge in [-0.25, -0.2) is 0 Å². The molecule has 118 valence electrons. The largest absolute Gasteiger partial charge is 0.417 e. The van der Waals surface area contributed by atoms with Crippen LogP contribution < -0.4 is 10.6 Å². The zero-order chi connectivity index (χ0) is 16.3. The van der Waals surface area contributed by atoms with Gasteiger partial charge in [-0.05, 0) is 24.6 Å². The molecule has 0 saturated heterocycles. The number of aromatic nitrogens is 1. The Morgan fingerprint density at radius 2 is 1.35 bits per heavy atom. The van der Waals surface area contributed by atoms with Crippen molar-refractivity contribution in [1.29, 1.82) is 0 Å². The summed E-state index contributed by atoms with van der Waals surface area (Å²) in [6.07, 6.45) is -2.71. The first-order valence-electron chi connectivity index (χ1n) is 7.16. The number of benzene rings is 2. The van der Waals surface area contributed by atoms with Gasteiger partial charge in [-0.15, -0.1) is 0 Å². The van der Waals surface area contributed by atoms with Crippen molar-refractivity contribution >= 4 is 18.5 Å². The van der Waals surface area contributed by atoms with E-state index in [2.05, 4.69) is 4.98 Å². The molecule has 0 atom stereocenters. The van der Waals surface area contributed by atoms with Gasteiger partial charge in [-0.3, -0.25) is 0 Å². The lowest BCUT2D eigenvalue weighted by Crippen LogP contribution is -2.13. The van der Waals surface area contributed by atoms with E-state index in [4.69, 9.17) is 0 Å². The fourth-order valence-corrected chi connectivity index (χ4v) is 4.66. The molecule has 3 rings (SSSR count). The first-order valence-corrected chi connectivity index (χ1v) is 8.69. The second kappa shape index (κ2) is 6.59. The summed E-state index contributed by atoms with van der Waals surface area (Å²) in [5.41, 5.74) is -0.0142. The third-order valence-electron chi connectivity index (χ3n) is 3.53. The molecule has 0 aliphatic carbocycles. The number of nitrogens with one attached hydrogen (secondary N) is 1. The summed E-state index contributed by atoms with van der Waals surface area (Å²) in [7, 11) is -0.748. The first-order chi connectivity index (χ1) is 11.0. The Morgan fingerprint density at radius 1 is 0.826 bits per heavy atom. The van der Waals surface area contributed by atoms with E-state index < -0.39 is 19.7 Å². The van der Waals surface area contributed by atoms with Crippen LogP contribution >= 0.6 is 7.92 Å². The van der Waals surface area contributed by atoms with Gasteiger partial charge in [0.15, 0.2) is 0 Å². The number of alkyl halides is 3. The minimum Gasteiger partial charge on any atom is -0.364 e. The standard InChI is InChI=1S/C18H15F3NP/c19-18(20,21)14-11-15(22-12-14)13-23(16-7-3-1-4-8-16)17-9-5-2-6-10-17/h1-12,22H,13H2. The Kier molecular flexibility index (Phi) is 4.53. The molecule has 0 radical (unpaired) electrons. The molecule has 1 heterocycles. The smallest absolute Gasteiger partial charge is 0.364 e. The normalized spacial score (nSPS) is 11.8. The Bertz CT molecular complexity index is 711. The highest BCUT2D eigenvalue weighted by molar-refractivity contribution is 7.72. The molecule has 0 unspecified atom stereocenters. The van der Waals surface area contributed by atoms with Crippen molar-refractivity contribution in [1.82, 2.24) is 4.98 Å². The lowest BCUT2D eigenvalue weighted by molar-refractivity contribution is -0.137. The van der Waals surface area contributed by atoms with Gasteiger partial charge < -0.3 is 4.98 Å². The Balaban J connectivity index is 1.92. The number of rotatable bonds is 4. The molecule has 3 aromatic rings. The summed E-state index contributed by atoms with van der Waals surface area (Å²) in [6.45, 7) is 0. The molecule has 0 aliphatic heterocycles. The molecular weight excluding hydrogens is 318 g/mol. The van der Waals surface area contributed by atoms with Crippen molar-refractivity contribution in [2.45, 2.75) is 12.3 Å². The third kappa shape index (κ3) is 3.83. The summed E-state index contributed by atoms with van der Waals surface area (Å²) in [5, 5.41) is 2.30. The van der Waals surface area contributed by atoms with Gasteiger partial charge in [0.05, 0.1) is 5.56 Å². The van der Waals surface area contributed by atoms with Crippen LogP contribution in [0.2, 0.25) is 0 Å². The second-order valence-electron chi connectivity index (χ2n) is 5.17. The van der Waals surface area contributed by atoms with Crippen LogP contribution in [0.5, 0.6) is 0 Å². The SMILES string of the molecule is FC(F)(F)c1c[nH]c(CP(c2ccccc2)c2ccccc2)c1. The number of hydrogen-bond donors (Lipinski definition) is 1. The summed E-state index contributed by atoms with van der Waals surface area (Å²) >= 11 is 0. The van der Waals surface area contributed by atoms with E-state index in [1.165, 1.54) is 6.07 Å². The minimum absolute atomic E-state index is 0.555. The Hall–Kier alpha value is -2.06. The number of halogens is 3. The molecule has 1 aromatic heterocycles. The first kappa shape index (κ1) is 15.8. The van der Waals surface area contributed by atoms with E-state index in [0.29, 0.717) is 11.9 Å². The van der Waals surface area contributed by atoms with Crippen LogP contribution in [0.3, 0.4) is 0 Å². The average molecular weight is 333 g/mol. The quantitative estimate of drug-likeness (QED) is 0.668.